The SMILES string of the molecule is CCNC(=NCc1cccc(COC2CCOCC2)c1)N1CCS(=O)(=O)C(C)(C)C1. The second-order valence-electron chi connectivity index (χ2n) is 8.61. The van der Waals surface area contributed by atoms with Gasteiger partial charge in [-0.2, -0.15) is 0 Å². The Balaban J connectivity index is 1.63. The lowest BCUT2D eigenvalue weighted by atomic mass is 10.1. The van der Waals surface area contributed by atoms with E-state index in [1.165, 1.54) is 0 Å². The Kier molecular flexibility index (Phi) is 7.76. The van der Waals surface area contributed by atoms with E-state index in [1.54, 1.807) is 13.8 Å². The fourth-order valence-electron chi connectivity index (χ4n) is 3.79. The molecule has 0 spiro atoms. The van der Waals surface area contributed by atoms with Gasteiger partial charge in [-0.3, -0.25) is 0 Å². The summed E-state index contributed by atoms with van der Waals surface area (Å²) in [4.78, 5) is 6.85. The summed E-state index contributed by atoms with van der Waals surface area (Å²) in [6.45, 7) is 9.95. The number of hydrogen-bond acceptors (Lipinski definition) is 5. The summed E-state index contributed by atoms with van der Waals surface area (Å²) < 4.78 is 35.3. The molecule has 2 aliphatic heterocycles. The summed E-state index contributed by atoms with van der Waals surface area (Å²) in [7, 11) is -3.08. The van der Waals surface area contributed by atoms with E-state index >= 15 is 0 Å². The lowest BCUT2D eigenvalue weighted by Crippen LogP contribution is -2.57. The van der Waals surface area contributed by atoms with Crippen molar-refractivity contribution in [1.82, 2.24) is 10.2 Å². The maximum absolute atomic E-state index is 12.3. The lowest BCUT2D eigenvalue weighted by molar-refractivity contribution is -0.0390. The molecule has 2 aliphatic rings. The molecular formula is C22H35N3O4S. The van der Waals surface area contributed by atoms with E-state index in [2.05, 4.69) is 28.4 Å². The van der Waals surface area contributed by atoms with Crippen molar-refractivity contribution >= 4 is 15.8 Å². The van der Waals surface area contributed by atoms with Crippen LogP contribution >= 0.6 is 0 Å². The molecule has 3 rings (SSSR count). The van der Waals surface area contributed by atoms with E-state index in [0.29, 0.717) is 26.2 Å². The quantitative estimate of drug-likeness (QED) is 0.544. The van der Waals surface area contributed by atoms with Gasteiger partial charge < -0.3 is 19.7 Å². The Morgan fingerprint density at radius 1 is 1.30 bits per heavy atom. The minimum atomic E-state index is -3.08. The number of aliphatic imine (C=N–C) groups is 1. The number of rotatable bonds is 6. The maximum atomic E-state index is 12.3. The molecular weight excluding hydrogens is 402 g/mol. The average molecular weight is 438 g/mol. The molecule has 1 N–H and O–H groups in total. The molecule has 7 nitrogen and oxygen atoms in total. The number of ether oxygens (including phenoxy) is 2. The fraction of sp³-hybridized carbons (Fsp3) is 0.682. The number of sulfone groups is 1. The number of nitrogens with zero attached hydrogens (tertiary/aromatic N) is 2. The molecule has 2 fully saturated rings. The minimum Gasteiger partial charge on any atom is -0.381 e. The van der Waals surface area contributed by atoms with Crippen LogP contribution in [0.3, 0.4) is 0 Å². The monoisotopic (exact) mass is 437 g/mol. The van der Waals surface area contributed by atoms with Gasteiger partial charge in [-0.25, -0.2) is 13.4 Å². The van der Waals surface area contributed by atoms with Gasteiger partial charge in [0.25, 0.3) is 0 Å². The standard InChI is InChI=1S/C22H35N3O4S/c1-4-23-21(25-10-13-30(26,27)22(2,3)17-25)24-15-18-6-5-7-19(14-18)16-29-20-8-11-28-12-9-20/h5-7,14,20H,4,8-13,15-17H2,1-3H3,(H,23,24). The molecule has 8 heteroatoms. The molecule has 0 saturated carbocycles. The van der Waals surface area contributed by atoms with Crippen LogP contribution in [0.2, 0.25) is 0 Å². The van der Waals surface area contributed by atoms with Gasteiger partial charge in [-0.15, -0.1) is 0 Å². The average Bonchev–Trinajstić information content (AvgIpc) is 2.73. The van der Waals surface area contributed by atoms with E-state index in [9.17, 15) is 8.42 Å². The first-order valence-electron chi connectivity index (χ1n) is 10.8. The van der Waals surface area contributed by atoms with Crippen LogP contribution < -0.4 is 5.32 Å². The van der Waals surface area contributed by atoms with Crippen LogP contribution in [0.5, 0.6) is 0 Å². The molecule has 168 valence electrons. The van der Waals surface area contributed by atoms with E-state index < -0.39 is 14.6 Å². The first kappa shape index (κ1) is 23.0. The first-order chi connectivity index (χ1) is 14.3. The van der Waals surface area contributed by atoms with Gasteiger partial charge in [-0.05, 0) is 44.7 Å². The molecule has 0 atom stereocenters. The second-order valence-corrected chi connectivity index (χ2v) is 11.4. The highest BCUT2D eigenvalue weighted by Gasteiger charge is 2.40. The molecule has 1 aromatic rings. The highest BCUT2D eigenvalue weighted by atomic mass is 32.2. The third-order valence-corrected chi connectivity index (χ3v) is 8.27. The second kappa shape index (κ2) is 10.1. The van der Waals surface area contributed by atoms with Gasteiger partial charge in [0, 0.05) is 32.8 Å². The zero-order valence-electron chi connectivity index (χ0n) is 18.4. The van der Waals surface area contributed by atoms with Crippen molar-refractivity contribution in [1.29, 1.82) is 0 Å². The largest absolute Gasteiger partial charge is 0.381 e. The zero-order chi connectivity index (χ0) is 21.6. The highest BCUT2D eigenvalue weighted by Crippen LogP contribution is 2.24. The molecule has 30 heavy (non-hydrogen) atoms. The lowest BCUT2D eigenvalue weighted by Gasteiger charge is -2.39. The topological polar surface area (TPSA) is 80.2 Å². The van der Waals surface area contributed by atoms with Crippen LogP contribution in [-0.4, -0.2) is 68.7 Å². The van der Waals surface area contributed by atoms with Crippen molar-refractivity contribution in [2.75, 3.05) is 38.6 Å². The third kappa shape index (κ3) is 5.95. The number of hydrogen-bond donors (Lipinski definition) is 1. The molecule has 2 heterocycles. The number of benzene rings is 1. The maximum Gasteiger partial charge on any atom is 0.194 e. The van der Waals surface area contributed by atoms with Crippen LogP contribution in [0.25, 0.3) is 0 Å². The molecule has 1 aromatic carbocycles. The van der Waals surface area contributed by atoms with Crippen molar-refractivity contribution in [2.24, 2.45) is 4.99 Å². The summed E-state index contributed by atoms with van der Waals surface area (Å²) in [6.07, 6.45) is 2.19. The normalized spacial score (nSPS) is 22.1. The Morgan fingerprint density at radius 3 is 2.73 bits per heavy atom. The van der Waals surface area contributed by atoms with Crippen molar-refractivity contribution in [3.05, 3.63) is 35.4 Å². The van der Waals surface area contributed by atoms with Crippen molar-refractivity contribution in [3.8, 4) is 0 Å². The predicted octanol–water partition coefficient (Wildman–Crippen LogP) is 2.36. The van der Waals surface area contributed by atoms with Gasteiger partial charge in [-0.1, -0.05) is 24.3 Å². The Bertz CT molecular complexity index is 833. The zero-order valence-corrected chi connectivity index (χ0v) is 19.2. The van der Waals surface area contributed by atoms with Gasteiger partial charge in [0.05, 0.1) is 29.8 Å². The number of nitrogens with one attached hydrogen (secondary N) is 1. The van der Waals surface area contributed by atoms with E-state index in [-0.39, 0.29) is 11.9 Å². The summed E-state index contributed by atoms with van der Waals surface area (Å²) in [6, 6.07) is 8.32. The van der Waals surface area contributed by atoms with Crippen LogP contribution in [0.15, 0.2) is 29.3 Å². The number of guanidine groups is 1. The third-order valence-electron chi connectivity index (χ3n) is 5.73. The van der Waals surface area contributed by atoms with E-state index in [1.807, 2.05) is 13.0 Å². The summed E-state index contributed by atoms with van der Waals surface area (Å²) in [5.41, 5.74) is 2.26. The van der Waals surface area contributed by atoms with Crippen LogP contribution in [0, 0.1) is 0 Å². The molecule has 0 unspecified atom stereocenters. The molecule has 2 saturated heterocycles. The summed E-state index contributed by atoms with van der Waals surface area (Å²) >= 11 is 0. The van der Waals surface area contributed by atoms with Gasteiger partial charge >= 0.3 is 0 Å². The molecule has 0 aliphatic carbocycles. The Labute approximate surface area is 180 Å². The Morgan fingerprint density at radius 2 is 2.03 bits per heavy atom. The van der Waals surface area contributed by atoms with Gasteiger partial charge in [0.15, 0.2) is 15.8 Å². The first-order valence-corrected chi connectivity index (χ1v) is 12.5. The predicted molar refractivity (Wildman–Crippen MR) is 119 cm³/mol. The highest BCUT2D eigenvalue weighted by molar-refractivity contribution is 7.92. The molecule has 0 aromatic heterocycles. The minimum absolute atomic E-state index is 0.156. The summed E-state index contributed by atoms with van der Waals surface area (Å²) in [5, 5.41) is 3.32. The van der Waals surface area contributed by atoms with Crippen molar-refractivity contribution < 1.29 is 17.9 Å². The molecule has 0 amide bonds. The van der Waals surface area contributed by atoms with Gasteiger partial charge in [0.2, 0.25) is 0 Å². The van der Waals surface area contributed by atoms with Crippen LogP contribution in [0.4, 0.5) is 0 Å². The fourth-order valence-corrected chi connectivity index (χ4v) is 5.16. The molecule has 0 bridgehead atoms. The van der Waals surface area contributed by atoms with Crippen molar-refractivity contribution in [3.63, 3.8) is 0 Å². The Hall–Kier alpha value is -1.64. The van der Waals surface area contributed by atoms with E-state index in [4.69, 9.17) is 14.5 Å². The van der Waals surface area contributed by atoms with Crippen LogP contribution in [0.1, 0.15) is 44.7 Å². The molecule has 0 radical (unpaired) electrons. The summed E-state index contributed by atoms with van der Waals surface area (Å²) in [5.74, 6) is 0.924. The van der Waals surface area contributed by atoms with E-state index in [0.717, 1.165) is 49.7 Å². The smallest absolute Gasteiger partial charge is 0.194 e. The van der Waals surface area contributed by atoms with Crippen molar-refractivity contribution in [2.45, 2.75) is 57.6 Å². The van der Waals surface area contributed by atoms with Gasteiger partial charge in [0.1, 0.15) is 0 Å². The van der Waals surface area contributed by atoms with Crippen LogP contribution in [-0.2, 0) is 32.5 Å².